The molecule has 2 aromatic rings. The van der Waals surface area contributed by atoms with E-state index in [2.05, 4.69) is 5.32 Å². The summed E-state index contributed by atoms with van der Waals surface area (Å²) in [4.78, 5) is 12.1. The second-order valence-corrected chi connectivity index (χ2v) is 5.89. The fourth-order valence-electron chi connectivity index (χ4n) is 2.93. The Bertz CT molecular complexity index is 659. The Morgan fingerprint density at radius 2 is 2.18 bits per heavy atom. The average molecular weight is 302 g/mol. The number of benzene rings is 1. The number of nitrogens with zero attached hydrogens (tertiary/aromatic N) is 1. The van der Waals surface area contributed by atoms with Crippen molar-refractivity contribution in [2.45, 2.75) is 18.9 Å². The minimum absolute atomic E-state index is 0.0116. The third-order valence-electron chi connectivity index (χ3n) is 4.36. The summed E-state index contributed by atoms with van der Waals surface area (Å²) in [5.41, 5.74) is 1.95. The molecule has 1 aliphatic heterocycles. The number of aliphatic hydroxyl groups is 1. The third kappa shape index (κ3) is 3.15. The summed E-state index contributed by atoms with van der Waals surface area (Å²) in [6.07, 6.45) is 2.83. The lowest BCUT2D eigenvalue weighted by atomic mass is 9.99. The Morgan fingerprint density at radius 3 is 2.95 bits per heavy atom. The van der Waals surface area contributed by atoms with Gasteiger partial charge >= 0.3 is 0 Å². The van der Waals surface area contributed by atoms with Crippen LogP contribution in [0.15, 0.2) is 30.5 Å². The Kier molecular flexibility index (Phi) is 4.45. The summed E-state index contributed by atoms with van der Waals surface area (Å²) >= 11 is 0. The maximum atomic E-state index is 12.1. The van der Waals surface area contributed by atoms with Crippen molar-refractivity contribution in [1.82, 2.24) is 9.88 Å². The number of carbonyl (C=O) groups is 1. The Hall–Kier alpha value is -1.85. The highest BCUT2D eigenvalue weighted by molar-refractivity contribution is 5.81. The van der Waals surface area contributed by atoms with Crippen molar-refractivity contribution < 1.29 is 14.6 Å². The van der Waals surface area contributed by atoms with Crippen LogP contribution < -0.4 is 5.32 Å². The van der Waals surface area contributed by atoms with Gasteiger partial charge in [-0.05, 0) is 42.0 Å². The molecule has 1 aliphatic rings. The molecule has 1 fully saturated rings. The summed E-state index contributed by atoms with van der Waals surface area (Å²) < 4.78 is 7.30. The zero-order valence-electron chi connectivity index (χ0n) is 12.8. The van der Waals surface area contributed by atoms with Crippen molar-refractivity contribution in [2.24, 2.45) is 13.0 Å². The number of aliphatic hydroxyl groups excluding tert-OH is 1. The number of aromatic nitrogens is 1. The summed E-state index contributed by atoms with van der Waals surface area (Å²) in [7, 11) is 1.99. The molecule has 1 aromatic carbocycles. The van der Waals surface area contributed by atoms with Gasteiger partial charge in [-0.3, -0.25) is 4.79 Å². The molecule has 0 aliphatic carbocycles. The molecule has 5 heteroatoms. The molecule has 1 saturated heterocycles. The van der Waals surface area contributed by atoms with Crippen LogP contribution in [0.5, 0.6) is 0 Å². The van der Waals surface area contributed by atoms with E-state index >= 15 is 0 Å². The zero-order chi connectivity index (χ0) is 15.5. The first-order valence-electron chi connectivity index (χ1n) is 7.73. The van der Waals surface area contributed by atoms with Crippen LogP contribution in [0, 0.1) is 5.92 Å². The van der Waals surface area contributed by atoms with Gasteiger partial charge in [0.1, 0.15) is 0 Å². The first-order chi connectivity index (χ1) is 10.6. The number of nitrogens with one attached hydrogen (secondary N) is 1. The lowest BCUT2D eigenvalue weighted by Crippen LogP contribution is -2.36. The molecule has 0 saturated carbocycles. The molecular formula is C17H22N2O3. The lowest BCUT2D eigenvalue weighted by molar-refractivity contribution is -0.128. The van der Waals surface area contributed by atoms with Crippen LogP contribution in [0.3, 0.4) is 0 Å². The van der Waals surface area contributed by atoms with E-state index in [4.69, 9.17) is 4.74 Å². The standard InChI is InChI=1S/C17H22N2O3/c1-19-7-4-13-10-14(2-3-15(13)19)16(20)11-18-17(21)12-5-8-22-9-6-12/h2-4,7,10,12,16,20H,5-6,8-9,11H2,1H3,(H,18,21). The van der Waals surface area contributed by atoms with Crippen molar-refractivity contribution in [3.05, 3.63) is 36.0 Å². The number of hydrogen-bond donors (Lipinski definition) is 2. The average Bonchev–Trinajstić information content (AvgIpc) is 2.93. The molecule has 1 amide bonds. The molecule has 2 N–H and O–H groups in total. The van der Waals surface area contributed by atoms with Crippen molar-refractivity contribution in [3.63, 3.8) is 0 Å². The van der Waals surface area contributed by atoms with E-state index in [9.17, 15) is 9.90 Å². The normalized spacial score (nSPS) is 17.5. The smallest absolute Gasteiger partial charge is 0.223 e. The summed E-state index contributed by atoms with van der Waals surface area (Å²) in [5, 5.41) is 14.2. The van der Waals surface area contributed by atoms with Crippen molar-refractivity contribution in [1.29, 1.82) is 0 Å². The molecule has 0 spiro atoms. The van der Waals surface area contributed by atoms with Crippen LogP contribution in [-0.2, 0) is 16.6 Å². The summed E-state index contributed by atoms with van der Waals surface area (Å²) in [6, 6.07) is 7.90. The van der Waals surface area contributed by atoms with Crippen LogP contribution in [0.2, 0.25) is 0 Å². The number of carbonyl (C=O) groups excluding carboxylic acids is 1. The second kappa shape index (κ2) is 6.50. The SMILES string of the molecule is Cn1ccc2cc(C(O)CNC(=O)C3CCOCC3)ccc21. The quantitative estimate of drug-likeness (QED) is 0.904. The molecule has 118 valence electrons. The van der Waals surface area contributed by atoms with E-state index in [1.165, 1.54) is 0 Å². The molecular weight excluding hydrogens is 280 g/mol. The largest absolute Gasteiger partial charge is 0.387 e. The van der Waals surface area contributed by atoms with Gasteiger partial charge in [-0.15, -0.1) is 0 Å². The Balaban J connectivity index is 1.60. The van der Waals surface area contributed by atoms with E-state index < -0.39 is 6.10 Å². The van der Waals surface area contributed by atoms with Crippen LogP contribution >= 0.6 is 0 Å². The number of hydrogen-bond acceptors (Lipinski definition) is 3. The molecule has 22 heavy (non-hydrogen) atoms. The number of ether oxygens (including phenoxy) is 1. The highest BCUT2D eigenvalue weighted by atomic mass is 16.5. The van der Waals surface area contributed by atoms with E-state index in [0.717, 1.165) is 29.3 Å². The molecule has 0 bridgehead atoms. The van der Waals surface area contributed by atoms with Crippen LogP contribution in [0.4, 0.5) is 0 Å². The molecule has 0 radical (unpaired) electrons. The highest BCUT2D eigenvalue weighted by Crippen LogP contribution is 2.21. The van der Waals surface area contributed by atoms with E-state index in [0.29, 0.717) is 13.2 Å². The number of aryl methyl sites for hydroxylation is 1. The van der Waals surface area contributed by atoms with Gasteiger partial charge in [0.15, 0.2) is 0 Å². The lowest BCUT2D eigenvalue weighted by Gasteiger charge is -2.22. The molecule has 1 atom stereocenters. The number of rotatable bonds is 4. The molecule has 2 heterocycles. The molecule has 3 rings (SSSR count). The highest BCUT2D eigenvalue weighted by Gasteiger charge is 2.22. The van der Waals surface area contributed by atoms with Gasteiger partial charge in [0.2, 0.25) is 5.91 Å². The van der Waals surface area contributed by atoms with Gasteiger partial charge in [-0.1, -0.05) is 6.07 Å². The van der Waals surface area contributed by atoms with Gasteiger partial charge in [0.25, 0.3) is 0 Å². The third-order valence-corrected chi connectivity index (χ3v) is 4.36. The minimum Gasteiger partial charge on any atom is -0.387 e. The molecule has 5 nitrogen and oxygen atoms in total. The number of fused-ring (bicyclic) bond motifs is 1. The summed E-state index contributed by atoms with van der Waals surface area (Å²) in [6.45, 7) is 1.53. The van der Waals surface area contributed by atoms with Gasteiger partial charge in [-0.25, -0.2) is 0 Å². The first kappa shape index (κ1) is 15.1. The topological polar surface area (TPSA) is 63.5 Å². The van der Waals surface area contributed by atoms with Crippen LogP contribution in [-0.4, -0.2) is 35.3 Å². The maximum Gasteiger partial charge on any atom is 0.223 e. The van der Waals surface area contributed by atoms with E-state index in [-0.39, 0.29) is 18.4 Å². The van der Waals surface area contributed by atoms with Gasteiger partial charge in [0, 0.05) is 44.4 Å². The molecule has 1 unspecified atom stereocenters. The monoisotopic (exact) mass is 302 g/mol. The predicted octanol–water partition coefficient (Wildman–Crippen LogP) is 1.75. The fourth-order valence-corrected chi connectivity index (χ4v) is 2.93. The zero-order valence-corrected chi connectivity index (χ0v) is 12.8. The first-order valence-corrected chi connectivity index (χ1v) is 7.73. The predicted molar refractivity (Wildman–Crippen MR) is 84.4 cm³/mol. The van der Waals surface area contributed by atoms with Crippen LogP contribution in [0.25, 0.3) is 10.9 Å². The summed E-state index contributed by atoms with van der Waals surface area (Å²) in [5.74, 6) is 0.0284. The molecule has 1 aromatic heterocycles. The van der Waals surface area contributed by atoms with Gasteiger partial charge in [0.05, 0.1) is 6.10 Å². The van der Waals surface area contributed by atoms with E-state index in [1.807, 2.05) is 42.1 Å². The fraction of sp³-hybridized carbons (Fsp3) is 0.471. The Labute approximate surface area is 129 Å². The van der Waals surface area contributed by atoms with Crippen molar-refractivity contribution in [2.75, 3.05) is 19.8 Å². The van der Waals surface area contributed by atoms with Crippen LogP contribution in [0.1, 0.15) is 24.5 Å². The van der Waals surface area contributed by atoms with Crippen molar-refractivity contribution >= 4 is 16.8 Å². The maximum absolute atomic E-state index is 12.1. The Morgan fingerprint density at radius 1 is 1.41 bits per heavy atom. The van der Waals surface area contributed by atoms with Crippen molar-refractivity contribution in [3.8, 4) is 0 Å². The number of amides is 1. The van der Waals surface area contributed by atoms with E-state index in [1.54, 1.807) is 0 Å². The van der Waals surface area contributed by atoms with Gasteiger partial charge in [-0.2, -0.15) is 0 Å². The minimum atomic E-state index is -0.687. The van der Waals surface area contributed by atoms with Gasteiger partial charge < -0.3 is 19.7 Å². The second-order valence-electron chi connectivity index (χ2n) is 5.89.